The third kappa shape index (κ3) is 4.50. The maximum Gasteiger partial charge on any atom is 0.225 e. The fraction of sp³-hybridized carbons (Fsp3) is 0.667. The van der Waals surface area contributed by atoms with Crippen molar-refractivity contribution in [3.05, 3.63) is 23.8 Å². The number of methoxy groups -OCH3 is 2. The minimum atomic E-state index is 0.206. The van der Waals surface area contributed by atoms with Crippen LogP contribution in [0.4, 0.5) is 0 Å². The molecule has 2 saturated heterocycles. The van der Waals surface area contributed by atoms with E-state index in [9.17, 15) is 4.79 Å². The van der Waals surface area contributed by atoms with E-state index in [0.29, 0.717) is 5.91 Å². The molecule has 1 amide bonds. The summed E-state index contributed by atoms with van der Waals surface area (Å²) >= 11 is 0. The van der Waals surface area contributed by atoms with Gasteiger partial charge in [-0.2, -0.15) is 0 Å². The van der Waals surface area contributed by atoms with E-state index in [2.05, 4.69) is 22.8 Å². The number of amides is 1. The average molecular weight is 360 g/mol. The van der Waals surface area contributed by atoms with Crippen LogP contribution in [0, 0.1) is 11.8 Å². The summed E-state index contributed by atoms with van der Waals surface area (Å²) in [6, 6.07) is 5.98. The largest absolute Gasteiger partial charge is 0.497 e. The van der Waals surface area contributed by atoms with E-state index in [1.807, 2.05) is 12.1 Å². The van der Waals surface area contributed by atoms with Crippen molar-refractivity contribution in [1.82, 2.24) is 9.80 Å². The molecule has 3 rings (SSSR count). The Labute approximate surface area is 157 Å². The summed E-state index contributed by atoms with van der Waals surface area (Å²) in [5, 5.41) is 0. The summed E-state index contributed by atoms with van der Waals surface area (Å²) in [5.41, 5.74) is 1.17. The molecule has 0 atom stereocenters. The van der Waals surface area contributed by atoms with Crippen LogP contribution < -0.4 is 9.47 Å². The highest BCUT2D eigenvalue weighted by Crippen LogP contribution is 2.28. The Kier molecular flexibility index (Phi) is 6.41. The number of nitrogens with zero attached hydrogens (tertiary/aromatic N) is 2. The van der Waals surface area contributed by atoms with E-state index >= 15 is 0 Å². The Bertz CT molecular complexity index is 603. The fourth-order valence-corrected chi connectivity index (χ4v) is 4.05. The smallest absolute Gasteiger partial charge is 0.225 e. The van der Waals surface area contributed by atoms with Crippen molar-refractivity contribution in [2.75, 3.05) is 40.4 Å². The molecule has 2 aliphatic rings. The summed E-state index contributed by atoms with van der Waals surface area (Å²) in [7, 11) is 3.36. The fourth-order valence-electron chi connectivity index (χ4n) is 4.05. The van der Waals surface area contributed by atoms with E-state index in [0.717, 1.165) is 75.8 Å². The predicted octanol–water partition coefficient (Wildman–Crippen LogP) is 3.17. The van der Waals surface area contributed by atoms with Crippen molar-refractivity contribution in [1.29, 1.82) is 0 Å². The van der Waals surface area contributed by atoms with Crippen LogP contribution in [0.15, 0.2) is 18.2 Å². The molecular weight excluding hydrogens is 328 g/mol. The molecule has 0 saturated carbocycles. The average Bonchev–Trinajstić information content (AvgIpc) is 2.69. The number of piperidine rings is 2. The Balaban J connectivity index is 1.52. The van der Waals surface area contributed by atoms with Gasteiger partial charge in [0.1, 0.15) is 11.5 Å². The monoisotopic (exact) mass is 360 g/mol. The summed E-state index contributed by atoms with van der Waals surface area (Å²) < 4.78 is 10.8. The summed E-state index contributed by atoms with van der Waals surface area (Å²) in [4.78, 5) is 17.3. The van der Waals surface area contributed by atoms with Gasteiger partial charge in [-0.3, -0.25) is 9.69 Å². The first-order chi connectivity index (χ1) is 12.6. The first kappa shape index (κ1) is 19.0. The quantitative estimate of drug-likeness (QED) is 0.809. The topological polar surface area (TPSA) is 42.0 Å². The van der Waals surface area contributed by atoms with Crippen LogP contribution in [0.3, 0.4) is 0 Å². The first-order valence-electron chi connectivity index (χ1n) is 9.82. The highest BCUT2D eigenvalue weighted by atomic mass is 16.5. The minimum Gasteiger partial charge on any atom is -0.497 e. The second-order valence-electron chi connectivity index (χ2n) is 7.74. The molecular formula is C21H32N2O3. The minimum absolute atomic E-state index is 0.206. The summed E-state index contributed by atoms with van der Waals surface area (Å²) in [6.07, 6.45) is 4.23. The standard InChI is InChI=1S/C21H32N2O3/c1-16-6-12-23(13-7-16)21(24)17-8-10-22(11-9-17)15-18-4-5-19(25-2)14-20(18)26-3/h4-5,14,16-17H,6-13,15H2,1-3H3. The predicted molar refractivity (Wildman–Crippen MR) is 103 cm³/mol. The second kappa shape index (κ2) is 8.76. The maximum absolute atomic E-state index is 12.8. The van der Waals surface area contributed by atoms with E-state index in [1.165, 1.54) is 5.56 Å². The van der Waals surface area contributed by atoms with Gasteiger partial charge in [0.2, 0.25) is 5.91 Å². The third-order valence-corrected chi connectivity index (χ3v) is 5.92. The van der Waals surface area contributed by atoms with Crippen molar-refractivity contribution in [3.8, 4) is 11.5 Å². The second-order valence-corrected chi connectivity index (χ2v) is 7.74. The van der Waals surface area contributed by atoms with Gasteiger partial charge in [-0.25, -0.2) is 0 Å². The zero-order chi connectivity index (χ0) is 18.5. The zero-order valence-corrected chi connectivity index (χ0v) is 16.4. The van der Waals surface area contributed by atoms with E-state index < -0.39 is 0 Å². The molecule has 0 N–H and O–H groups in total. The number of hydrogen-bond acceptors (Lipinski definition) is 4. The molecule has 0 spiro atoms. The van der Waals surface area contributed by atoms with Crippen molar-refractivity contribution < 1.29 is 14.3 Å². The molecule has 2 aliphatic heterocycles. The molecule has 144 valence electrons. The van der Waals surface area contributed by atoms with Crippen LogP contribution in [-0.4, -0.2) is 56.1 Å². The highest BCUT2D eigenvalue weighted by molar-refractivity contribution is 5.79. The van der Waals surface area contributed by atoms with Crippen LogP contribution in [0.5, 0.6) is 11.5 Å². The van der Waals surface area contributed by atoms with Crippen molar-refractivity contribution in [2.24, 2.45) is 11.8 Å². The third-order valence-electron chi connectivity index (χ3n) is 5.92. The van der Waals surface area contributed by atoms with Gasteiger partial charge in [0.05, 0.1) is 14.2 Å². The van der Waals surface area contributed by atoms with Gasteiger partial charge in [0.15, 0.2) is 0 Å². The molecule has 26 heavy (non-hydrogen) atoms. The first-order valence-corrected chi connectivity index (χ1v) is 9.82. The number of carbonyl (C=O) groups excluding carboxylic acids is 1. The molecule has 0 radical (unpaired) electrons. The number of benzene rings is 1. The SMILES string of the molecule is COc1ccc(CN2CCC(C(=O)N3CCC(C)CC3)CC2)c(OC)c1. The molecule has 2 fully saturated rings. The van der Waals surface area contributed by atoms with E-state index in [4.69, 9.17) is 9.47 Å². The van der Waals surface area contributed by atoms with Gasteiger partial charge >= 0.3 is 0 Å². The lowest BCUT2D eigenvalue weighted by Crippen LogP contribution is -2.45. The van der Waals surface area contributed by atoms with E-state index in [1.54, 1.807) is 14.2 Å². The molecule has 5 heteroatoms. The van der Waals surface area contributed by atoms with Gasteiger partial charge in [0.25, 0.3) is 0 Å². The lowest BCUT2D eigenvalue weighted by Gasteiger charge is -2.36. The lowest BCUT2D eigenvalue weighted by molar-refractivity contribution is -0.138. The van der Waals surface area contributed by atoms with E-state index in [-0.39, 0.29) is 5.92 Å². The Morgan fingerprint density at radius 1 is 1.04 bits per heavy atom. The normalized spacial score (nSPS) is 20.2. The van der Waals surface area contributed by atoms with Crippen LogP contribution >= 0.6 is 0 Å². The Morgan fingerprint density at radius 3 is 2.35 bits per heavy atom. The van der Waals surface area contributed by atoms with Crippen LogP contribution in [0.1, 0.15) is 38.2 Å². The zero-order valence-electron chi connectivity index (χ0n) is 16.4. The number of rotatable bonds is 5. The van der Waals surface area contributed by atoms with Gasteiger partial charge in [-0.05, 0) is 50.8 Å². The van der Waals surface area contributed by atoms with Crippen LogP contribution in [-0.2, 0) is 11.3 Å². The molecule has 0 bridgehead atoms. The highest BCUT2D eigenvalue weighted by Gasteiger charge is 2.30. The van der Waals surface area contributed by atoms with Crippen LogP contribution in [0.25, 0.3) is 0 Å². The molecule has 2 heterocycles. The summed E-state index contributed by atoms with van der Waals surface area (Å²) in [6.45, 7) is 6.97. The van der Waals surface area contributed by atoms with Crippen LogP contribution in [0.2, 0.25) is 0 Å². The molecule has 1 aromatic rings. The van der Waals surface area contributed by atoms with Crippen molar-refractivity contribution >= 4 is 5.91 Å². The molecule has 0 aromatic heterocycles. The number of hydrogen-bond donors (Lipinski definition) is 0. The summed E-state index contributed by atoms with van der Waals surface area (Å²) in [5.74, 6) is 3.03. The Hall–Kier alpha value is -1.75. The van der Waals surface area contributed by atoms with Crippen molar-refractivity contribution in [2.45, 2.75) is 39.2 Å². The van der Waals surface area contributed by atoms with Gasteiger partial charge in [-0.15, -0.1) is 0 Å². The molecule has 0 aliphatic carbocycles. The molecule has 5 nitrogen and oxygen atoms in total. The van der Waals surface area contributed by atoms with Gasteiger partial charge in [-0.1, -0.05) is 13.0 Å². The maximum atomic E-state index is 12.8. The Morgan fingerprint density at radius 2 is 1.73 bits per heavy atom. The lowest BCUT2D eigenvalue weighted by atomic mass is 9.92. The number of likely N-dealkylation sites (tertiary alicyclic amines) is 2. The molecule has 1 aromatic carbocycles. The van der Waals surface area contributed by atoms with Crippen molar-refractivity contribution in [3.63, 3.8) is 0 Å². The molecule has 0 unspecified atom stereocenters. The number of carbonyl (C=O) groups is 1. The van der Waals surface area contributed by atoms with Gasteiger partial charge < -0.3 is 14.4 Å². The number of ether oxygens (including phenoxy) is 2. The van der Waals surface area contributed by atoms with Gasteiger partial charge in [0, 0.05) is 37.2 Å².